The third-order valence-corrected chi connectivity index (χ3v) is 2.86. The lowest BCUT2D eigenvalue weighted by Crippen LogP contribution is -2.09. The van der Waals surface area contributed by atoms with Crippen molar-refractivity contribution in [3.63, 3.8) is 0 Å². The van der Waals surface area contributed by atoms with Gasteiger partial charge in [0.1, 0.15) is 23.2 Å². The molecular formula is C14H18FN3. The van der Waals surface area contributed by atoms with Crippen LogP contribution in [0.4, 0.5) is 10.2 Å². The number of hydrogen-bond acceptors (Lipinski definition) is 2. The van der Waals surface area contributed by atoms with Crippen LogP contribution in [0.1, 0.15) is 19.7 Å². The molecule has 2 aromatic rings. The number of nitrogens with zero attached hydrogens (tertiary/aromatic N) is 2. The number of rotatable bonds is 3. The first-order chi connectivity index (χ1) is 8.49. The molecule has 0 saturated carbocycles. The van der Waals surface area contributed by atoms with E-state index in [1.165, 1.54) is 12.1 Å². The number of aryl methyl sites for hydroxylation is 1. The largest absolute Gasteiger partial charge is 0.383 e. The van der Waals surface area contributed by atoms with Crippen LogP contribution in [0.2, 0.25) is 0 Å². The molecule has 0 aliphatic rings. The first-order valence-electron chi connectivity index (χ1n) is 6.07. The fourth-order valence-electron chi connectivity index (χ4n) is 2.00. The van der Waals surface area contributed by atoms with Crippen LogP contribution in [0.15, 0.2) is 24.3 Å². The summed E-state index contributed by atoms with van der Waals surface area (Å²) < 4.78 is 14.9. The fourth-order valence-corrected chi connectivity index (χ4v) is 2.00. The van der Waals surface area contributed by atoms with E-state index in [4.69, 9.17) is 5.73 Å². The second kappa shape index (κ2) is 4.80. The average Bonchev–Trinajstić information content (AvgIpc) is 2.58. The Labute approximate surface area is 106 Å². The van der Waals surface area contributed by atoms with Gasteiger partial charge in [-0.05, 0) is 37.1 Å². The predicted molar refractivity (Wildman–Crippen MR) is 71.6 cm³/mol. The lowest BCUT2D eigenvalue weighted by atomic mass is 10.1. The number of halogens is 1. The highest BCUT2D eigenvalue weighted by atomic mass is 19.1. The first kappa shape index (κ1) is 12.6. The van der Waals surface area contributed by atoms with Crippen molar-refractivity contribution in [2.24, 2.45) is 5.92 Å². The molecule has 0 saturated heterocycles. The predicted octanol–water partition coefficient (Wildman–Crippen LogP) is 3.24. The molecule has 96 valence electrons. The summed E-state index contributed by atoms with van der Waals surface area (Å²) in [6, 6.07) is 6.25. The Kier molecular flexibility index (Phi) is 3.36. The van der Waals surface area contributed by atoms with Gasteiger partial charge < -0.3 is 10.3 Å². The molecule has 0 atom stereocenters. The fraction of sp³-hybridized carbons (Fsp3) is 0.357. The van der Waals surface area contributed by atoms with E-state index in [0.717, 1.165) is 23.6 Å². The molecule has 1 heterocycles. The molecule has 0 spiro atoms. The summed E-state index contributed by atoms with van der Waals surface area (Å²) in [5.74, 6) is 1.78. The molecule has 0 aliphatic heterocycles. The highest BCUT2D eigenvalue weighted by Crippen LogP contribution is 2.26. The van der Waals surface area contributed by atoms with Crippen molar-refractivity contribution in [3.05, 3.63) is 35.9 Å². The van der Waals surface area contributed by atoms with Crippen LogP contribution in [0, 0.1) is 18.7 Å². The number of benzene rings is 1. The molecule has 1 aromatic carbocycles. The molecule has 18 heavy (non-hydrogen) atoms. The van der Waals surface area contributed by atoms with Crippen molar-refractivity contribution >= 4 is 5.82 Å². The van der Waals surface area contributed by atoms with Crippen LogP contribution in [0.3, 0.4) is 0 Å². The highest BCUT2D eigenvalue weighted by molar-refractivity contribution is 5.70. The van der Waals surface area contributed by atoms with E-state index in [0.29, 0.717) is 11.7 Å². The number of imidazole rings is 1. The topological polar surface area (TPSA) is 43.8 Å². The Morgan fingerprint density at radius 2 is 1.89 bits per heavy atom. The normalized spacial score (nSPS) is 11.2. The van der Waals surface area contributed by atoms with E-state index in [2.05, 4.69) is 18.8 Å². The van der Waals surface area contributed by atoms with Crippen molar-refractivity contribution < 1.29 is 4.39 Å². The quantitative estimate of drug-likeness (QED) is 0.904. The van der Waals surface area contributed by atoms with Crippen LogP contribution in [0.25, 0.3) is 11.3 Å². The molecule has 2 N–H and O–H groups in total. The summed E-state index contributed by atoms with van der Waals surface area (Å²) in [5.41, 5.74) is 7.71. The second-order valence-corrected chi connectivity index (χ2v) is 4.90. The first-order valence-corrected chi connectivity index (χ1v) is 6.07. The summed E-state index contributed by atoms with van der Waals surface area (Å²) in [6.45, 7) is 7.05. The third kappa shape index (κ3) is 2.37. The lowest BCUT2D eigenvalue weighted by Gasteiger charge is -2.10. The summed E-state index contributed by atoms with van der Waals surface area (Å²) in [6.07, 6.45) is 0. The number of anilines is 1. The Morgan fingerprint density at radius 1 is 1.28 bits per heavy atom. The van der Waals surface area contributed by atoms with Crippen LogP contribution in [-0.4, -0.2) is 9.55 Å². The SMILES string of the molecule is Cc1nc(-c2ccc(F)cc2)c(N)n1CC(C)C. The third-order valence-electron chi connectivity index (χ3n) is 2.86. The minimum atomic E-state index is -0.254. The minimum Gasteiger partial charge on any atom is -0.383 e. The lowest BCUT2D eigenvalue weighted by molar-refractivity contribution is 0.518. The van der Waals surface area contributed by atoms with Crippen molar-refractivity contribution in [3.8, 4) is 11.3 Å². The van der Waals surface area contributed by atoms with Crippen molar-refractivity contribution in [1.29, 1.82) is 0 Å². The van der Waals surface area contributed by atoms with Gasteiger partial charge in [-0.15, -0.1) is 0 Å². The minimum absolute atomic E-state index is 0.254. The standard InChI is InChI=1S/C14H18FN3/c1-9(2)8-18-10(3)17-13(14(18)16)11-4-6-12(15)7-5-11/h4-7,9H,8,16H2,1-3H3. The number of nitrogens with two attached hydrogens (primary N) is 1. The zero-order valence-corrected chi connectivity index (χ0v) is 10.9. The molecular weight excluding hydrogens is 229 g/mol. The van der Waals surface area contributed by atoms with Gasteiger partial charge in [-0.3, -0.25) is 0 Å². The van der Waals surface area contributed by atoms with E-state index in [-0.39, 0.29) is 5.82 Å². The maximum Gasteiger partial charge on any atom is 0.131 e. The molecule has 1 aromatic heterocycles. The average molecular weight is 247 g/mol. The van der Waals surface area contributed by atoms with Gasteiger partial charge in [-0.25, -0.2) is 9.37 Å². The van der Waals surface area contributed by atoms with E-state index < -0.39 is 0 Å². The number of aromatic nitrogens is 2. The Hall–Kier alpha value is -1.84. The smallest absolute Gasteiger partial charge is 0.131 e. The van der Waals surface area contributed by atoms with Gasteiger partial charge >= 0.3 is 0 Å². The maximum absolute atomic E-state index is 12.9. The van der Waals surface area contributed by atoms with Gasteiger partial charge in [-0.1, -0.05) is 13.8 Å². The molecule has 0 amide bonds. The maximum atomic E-state index is 12.9. The molecule has 4 heteroatoms. The van der Waals surface area contributed by atoms with Crippen LogP contribution in [-0.2, 0) is 6.54 Å². The summed E-state index contributed by atoms with van der Waals surface area (Å²) >= 11 is 0. The summed E-state index contributed by atoms with van der Waals surface area (Å²) in [4.78, 5) is 4.48. The molecule has 0 radical (unpaired) electrons. The Morgan fingerprint density at radius 3 is 2.44 bits per heavy atom. The molecule has 0 unspecified atom stereocenters. The van der Waals surface area contributed by atoms with E-state index >= 15 is 0 Å². The van der Waals surface area contributed by atoms with E-state index in [1.807, 2.05) is 11.5 Å². The van der Waals surface area contributed by atoms with Gasteiger partial charge in [0.25, 0.3) is 0 Å². The zero-order valence-electron chi connectivity index (χ0n) is 10.9. The van der Waals surface area contributed by atoms with Crippen LogP contribution < -0.4 is 5.73 Å². The van der Waals surface area contributed by atoms with Crippen molar-refractivity contribution in [2.45, 2.75) is 27.3 Å². The molecule has 2 rings (SSSR count). The number of nitrogen functional groups attached to an aromatic ring is 1. The number of hydrogen-bond donors (Lipinski definition) is 1. The van der Waals surface area contributed by atoms with Crippen LogP contribution in [0.5, 0.6) is 0 Å². The Balaban J connectivity index is 2.43. The van der Waals surface area contributed by atoms with Crippen molar-refractivity contribution in [2.75, 3.05) is 5.73 Å². The highest BCUT2D eigenvalue weighted by Gasteiger charge is 2.14. The molecule has 0 bridgehead atoms. The van der Waals surface area contributed by atoms with Gasteiger partial charge in [0.15, 0.2) is 0 Å². The van der Waals surface area contributed by atoms with Gasteiger partial charge in [0.05, 0.1) is 0 Å². The van der Waals surface area contributed by atoms with Gasteiger partial charge in [0.2, 0.25) is 0 Å². The summed E-state index contributed by atoms with van der Waals surface area (Å²) in [7, 11) is 0. The monoisotopic (exact) mass is 247 g/mol. The molecule has 3 nitrogen and oxygen atoms in total. The zero-order chi connectivity index (χ0) is 13.3. The Bertz CT molecular complexity index is 541. The van der Waals surface area contributed by atoms with Gasteiger partial charge in [-0.2, -0.15) is 0 Å². The van der Waals surface area contributed by atoms with Gasteiger partial charge in [0, 0.05) is 12.1 Å². The van der Waals surface area contributed by atoms with E-state index in [1.54, 1.807) is 12.1 Å². The molecule has 0 fully saturated rings. The van der Waals surface area contributed by atoms with Crippen LogP contribution >= 0.6 is 0 Å². The van der Waals surface area contributed by atoms with E-state index in [9.17, 15) is 4.39 Å². The molecule has 0 aliphatic carbocycles. The van der Waals surface area contributed by atoms with Crippen molar-refractivity contribution in [1.82, 2.24) is 9.55 Å². The summed E-state index contributed by atoms with van der Waals surface area (Å²) in [5, 5.41) is 0. The second-order valence-electron chi connectivity index (χ2n) is 4.90.